The van der Waals surface area contributed by atoms with Gasteiger partial charge in [-0.15, -0.1) is 0 Å². The summed E-state index contributed by atoms with van der Waals surface area (Å²) in [6, 6.07) is 3.85. The highest BCUT2D eigenvalue weighted by Crippen LogP contribution is 2.41. The van der Waals surface area contributed by atoms with Crippen molar-refractivity contribution in [1.29, 1.82) is 0 Å². The van der Waals surface area contributed by atoms with Crippen LogP contribution in [0.5, 0.6) is 11.5 Å². The zero-order valence-corrected chi connectivity index (χ0v) is 15.5. The van der Waals surface area contributed by atoms with Crippen molar-refractivity contribution < 1.29 is 9.47 Å². The topological polar surface area (TPSA) is 52.4 Å². The molecule has 4 rings (SSSR count). The Hall–Kier alpha value is -2.28. The number of methoxy groups -OCH3 is 2. The smallest absolute Gasteiger partial charge is 0.186 e. The van der Waals surface area contributed by atoms with Crippen molar-refractivity contribution in [2.24, 2.45) is 5.92 Å². The molecule has 0 radical (unpaired) electrons. The fraction of sp³-hybridized carbons (Fsp3) is 0.444. The second-order valence-corrected chi connectivity index (χ2v) is 7.24. The van der Waals surface area contributed by atoms with Gasteiger partial charge in [0.1, 0.15) is 27.5 Å². The molecule has 3 heterocycles. The standard InChI is InChI=1S/C18H22N4O2S/c1-4-15-19-7-8-21(15)9-12-10-22(11-12)18-20-16-13(23-2)5-6-14(24-3)17(16)25-18/h5-8,12H,4,9-11H2,1-3H3. The molecule has 0 amide bonds. The summed E-state index contributed by atoms with van der Waals surface area (Å²) in [6.45, 7) is 5.21. The van der Waals surface area contributed by atoms with E-state index < -0.39 is 0 Å². The van der Waals surface area contributed by atoms with Crippen LogP contribution in [0.15, 0.2) is 24.5 Å². The highest BCUT2D eigenvalue weighted by Gasteiger charge is 2.30. The molecule has 1 aliphatic rings. The molecule has 0 aliphatic carbocycles. The lowest BCUT2D eigenvalue weighted by Crippen LogP contribution is -2.48. The molecule has 0 atom stereocenters. The van der Waals surface area contributed by atoms with E-state index in [-0.39, 0.29) is 0 Å². The molecule has 0 spiro atoms. The molecule has 1 aromatic carbocycles. The minimum Gasteiger partial charge on any atom is -0.495 e. The summed E-state index contributed by atoms with van der Waals surface area (Å²) in [5.74, 6) is 3.44. The third-order valence-electron chi connectivity index (χ3n) is 4.70. The van der Waals surface area contributed by atoms with Gasteiger partial charge in [-0.2, -0.15) is 0 Å². The quantitative estimate of drug-likeness (QED) is 0.677. The summed E-state index contributed by atoms with van der Waals surface area (Å²) in [4.78, 5) is 11.5. The minimum atomic E-state index is 0.635. The van der Waals surface area contributed by atoms with Gasteiger partial charge < -0.3 is 18.9 Å². The van der Waals surface area contributed by atoms with Gasteiger partial charge in [0, 0.05) is 44.4 Å². The lowest BCUT2D eigenvalue weighted by atomic mass is 10.0. The first kappa shape index (κ1) is 16.2. The second-order valence-electron chi connectivity index (χ2n) is 6.26. The molecule has 1 fully saturated rings. The van der Waals surface area contributed by atoms with Gasteiger partial charge in [0.05, 0.1) is 14.2 Å². The van der Waals surface area contributed by atoms with Crippen molar-refractivity contribution in [2.45, 2.75) is 19.9 Å². The Balaban J connectivity index is 1.50. The number of thiazole rings is 1. The fourth-order valence-electron chi connectivity index (χ4n) is 3.35. The average Bonchev–Trinajstić information content (AvgIpc) is 3.22. The summed E-state index contributed by atoms with van der Waals surface area (Å²) < 4.78 is 14.2. The predicted molar refractivity (Wildman–Crippen MR) is 100 cm³/mol. The Labute approximate surface area is 151 Å². The summed E-state index contributed by atoms with van der Waals surface area (Å²) in [7, 11) is 3.37. The zero-order valence-electron chi connectivity index (χ0n) is 14.7. The van der Waals surface area contributed by atoms with E-state index in [0.717, 1.165) is 58.7 Å². The number of hydrogen-bond donors (Lipinski definition) is 0. The lowest BCUT2D eigenvalue weighted by Gasteiger charge is -2.39. The number of ether oxygens (including phenoxy) is 2. The number of benzene rings is 1. The number of hydrogen-bond acceptors (Lipinski definition) is 6. The fourth-order valence-corrected chi connectivity index (χ4v) is 4.44. The van der Waals surface area contributed by atoms with E-state index in [2.05, 4.69) is 27.6 Å². The van der Waals surface area contributed by atoms with Crippen LogP contribution in [0.2, 0.25) is 0 Å². The third kappa shape index (κ3) is 2.82. The van der Waals surface area contributed by atoms with E-state index in [1.165, 1.54) is 0 Å². The predicted octanol–water partition coefficient (Wildman–Crippen LogP) is 3.21. The summed E-state index contributed by atoms with van der Waals surface area (Å²) in [5.41, 5.74) is 0.883. The van der Waals surface area contributed by atoms with E-state index >= 15 is 0 Å². The van der Waals surface area contributed by atoms with Crippen molar-refractivity contribution in [1.82, 2.24) is 14.5 Å². The van der Waals surface area contributed by atoms with E-state index in [9.17, 15) is 0 Å². The molecule has 2 aromatic heterocycles. The van der Waals surface area contributed by atoms with Gasteiger partial charge in [-0.25, -0.2) is 9.97 Å². The van der Waals surface area contributed by atoms with Gasteiger partial charge in [-0.05, 0) is 12.1 Å². The van der Waals surface area contributed by atoms with Crippen LogP contribution in [0.25, 0.3) is 10.2 Å². The first-order chi connectivity index (χ1) is 12.2. The zero-order chi connectivity index (χ0) is 17.4. The number of fused-ring (bicyclic) bond motifs is 1. The molecule has 0 bridgehead atoms. The summed E-state index contributed by atoms with van der Waals surface area (Å²) >= 11 is 1.67. The highest BCUT2D eigenvalue weighted by molar-refractivity contribution is 7.22. The molecule has 132 valence electrons. The maximum Gasteiger partial charge on any atom is 0.186 e. The van der Waals surface area contributed by atoms with Gasteiger partial charge in [0.2, 0.25) is 0 Å². The number of anilines is 1. The molecule has 1 saturated heterocycles. The summed E-state index contributed by atoms with van der Waals surface area (Å²) in [6.07, 6.45) is 4.94. The van der Waals surface area contributed by atoms with Gasteiger partial charge in [-0.1, -0.05) is 18.3 Å². The highest BCUT2D eigenvalue weighted by atomic mass is 32.1. The molecule has 0 unspecified atom stereocenters. The normalized spacial score (nSPS) is 14.8. The van der Waals surface area contributed by atoms with Crippen LogP contribution < -0.4 is 14.4 Å². The number of nitrogens with zero attached hydrogens (tertiary/aromatic N) is 4. The molecule has 7 heteroatoms. The van der Waals surface area contributed by atoms with Crippen molar-refractivity contribution in [3.63, 3.8) is 0 Å². The number of imidazole rings is 1. The average molecular weight is 358 g/mol. The van der Waals surface area contributed by atoms with Crippen LogP contribution in [0, 0.1) is 5.92 Å². The maximum absolute atomic E-state index is 5.47. The SMILES string of the molecule is CCc1nccn1CC1CN(c2nc3c(OC)ccc(OC)c3s2)C1. The van der Waals surface area contributed by atoms with Gasteiger partial charge in [0.25, 0.3) is 0 Å². The largest absolute Gasteiger partial charge is 0.495 e. The van der Waals surface area contributed by atoms with E-state index in [0.29, 0.717) is 5.92 Å². The first-order valence-corrected chi connectivity index (χ1v) is 9.31. The number of aromatic nitrogens is 3. The number of aryl methyl sites for hydroxylation is 1. The second kappa shape index (κ2) is 6.55. The van der Waals surface area contributed by atoms with Crippen LogP contribution in [-0.2, 0) is 13.0 Å². The van der Waals surface area contributed by atoms with Gasteiger partial charge in [0.15, 0.2) is 5.13 Å². The third-order valence-corrected chi connectivity index (χ3v) is 5.83. The molecule has 6 nitrogen and oxygen atoms in total. The van der Waals surface area contributed by atoms with Gasteiger partial charge in [-0.3, -0.25) is 0 Å². The Morgan fingerprint density at radius 1 is 1.20 bits per heavy atom. The van der Waals surface area contributed by atoms with Crippen LogP contribution in [-0.4, -0.2) is 41.8 Å². The lowest BCUT2D eigenvalue weighted by molar-refractivity contribution is 0.353. The molecule has 3 aromatic rings. The molecule has 25 heavy (non-hydrogen) atoms. The van der Waals surface area contributed by atoms with Crippen molar-refractivity contribution in [2.75, 3.05) is 32.2 Å². The first-order valence-electron chi connectivity index (χ1n) is 8.50. The molecular formula is C18H22N4O2S. The van der Waals surface area contributed by atoms with E-state index in [4.69, 9.17) is 14.5 Å². The minimum absolute atomic E-state index is 0.635. The molecule has 0 N–H and O–H groups in total. The van der Waals surface area contributed by atoms with Gasteiger partial charge >= 0.3 is 0 Å². The molecule has 1 aliphatic heterocycles. The monoisotopic (exact) mass is 358 g/mol. The van der Waals surface area contributed by atoms with Crippen molar-refractivity contribution in [3.05, 3.63) is 30.4 Å². The Morgan fingerprint density at radius 2 is 1.96 bits per heavy atom. The Kier molecular flexibility index (Phi) is 4.25. The van der Waals surface area contributed by atoms with Crippen molar-refractivity contribution >= 4 is 26.7 Å². The Morgan fingerprint density at radius 3 is 2.68 bits per heavy atom. The van der Waals surface area contributed by atoms with Crippen LogP contribution in [0.3, 0.4) is 0 Å². The van der Waals surface area contributed by atoms with E-state index in [1.807, 2.05) is 18.3 Å². The van der Waals surface area contributed by atoms with Crippen molar-refractivity contribution in [3.8, 4) is 11.5 Å². The Bertz CT molecular complexity index is 841. The van der Waals surface area contributed by atoms with E-state index in [1.54, 1.807) is 25.6 Å². The van der Waals surface area contributed by atoms with Crippen LogP contribution in [0.1, 0.15) is 12.7 Å². The van der Waals surface area contributed by atoms with Crippen LogP contribution in [0.4, 0.5) is 5.13 Å². The maximum atomic E-state index is 5.47. The summed E-state index contributed by atoms with van der Waals surface area (Å²) in [5, 5.41) is 1.04. The molecular weight excluding hydrogens is 336 g/mol. The molecule has 0 saturated carbocycles. The van der Waals surface area contributed by atoms with Crippen LogP contribution >= 0.6 is 11.3 Å². The number of rotatable bonds is 6.